The Bertz CT molecular complexity index is 1010. The fraction of sp³-hybridized carbons (Fsp3) is 0.208. The zero-order valence-electron chi connectivity index (χ0n) is 16.8. The van der Waals surface area contributed by atoms with Crippen molar-refractivity contribution in [1.82, 2.24) is 5.32 Å². The number of anilines is 1. The molecule has 6 heteroatoms. The van der Waals surface area contributed by atoms with Crippen molar-refractivity contribution in [3.8, 4) is 17.2 Å². The van der Waals surface area contributed by atoms with Crippen LogP contribution < -0.4 is 24.8 Å². The largest absolute Gasteiger partial charge is 0.497 e. The van der Waals surface area contributed by atoms with Crippen LogP contribution in [-0.2, 0) is 11.2 Å². The van der Waals surface area contributed by atoms with Gasteiger partial charge in [0.2, 0.25) is 12.7 Å². The predicted molar refractivity (Wildman–Crippen MR) is 115 cm³/mol. The van der Waals surface area contributed by atoms with Crippen molar-refractivity contribution in [1.29, 1.82) is 0 Å². The maximum Gasteiger partial charge on any atom is 0.246 e. The number of methoxy groups -OCH3 is 1. The van der Waals surface area contributed by atoms with Crippen molar-refractivity contribution >= 4 is 11.6 Å². The third kappa shape index (κ3) is 4.72. The van der Waals surface area contributed by atoms with Crippen molar-refractivity contribution in [3.05, 3.63) is 83.9 Å². The molecule has 0 bridgehead atoms. The molecule has 3 aromatic rings. The summed E-state index contributed by atoms with van der Waals surface area (Å²) < 4.78 is 16.0. The quantitative estimate of drug-likeness (QED) is 0.595. The van der Waals surface area contributed by atoms with E-state index in [1.54, 1.807) is 13.2 Å². The summed E-state index contributed by atoms with van der Waals surface area (Å²) in [6.45, 7) is 0.891. The molecule has 1 aliphatic rings. The fourth-order valence-corrected chi connectivity index (χ4v) is 3.38. The maximum absolute atomic E-state index is 13.1. The highest BCUT2D eigenvalue weighted by atomic mass is 16.7. The number of carbonyl (C=O) groups is 1. The highest BCUT2D eigenvalue weighted by Crippen LogP contribution is 2.32. The van der Waals surface area contributed by atoms with Crippen LogP contribution in [0.5, 0.6) is 17.2 Å². The lowest BCUT2D eigenvalue weighted by molar-refractivity contribution is -0.118. The number of nitrogens with one attached hydrogen (secondary N) is 2. The molecule has 1 atom stereocenters. The van der Waals surface area contributed by atoms with Crippen LogP contribution in [0.3, 0.4) is 0 Å². The van der Waals surface area contributed by atoms with E-state index in [1.807, 2.05) is 66.7 Å². The molecule has 4 rings (SSSR count). The number of hydrogen-bond donors (Lipinski definition) is 2. The number of benzene rings is 3. The van der Waals surface area contributed by atoms with Gasteiger partial charge in [-0.05, 0) is 41.8 Å². The molecule has 1 aliphatic heterocycles. The van der Waals surface area contributed by atoms with Crippen LogP contribution in [-0.4, -0.2) is 26.4 Å². The van der Waals surface area contributed by atoms with Gasteiger partial charge < -0.3 is 24.8 Å². The average molecular weight is 404 g/mol. The molecule has 2 N–H and O–H groups in total. The van der Waals surface area contributed by atoms with Crippen molar-refractivity contribution in [2.75, 3.05) is 25.8 Å². The molecule has 0 aromatic heterocycles. The van der Waals surface area contributed by atoms with Crippen molar-refractivity contribution in [2.45, 2.75) is 12.5 Å². The number of carbonyl (C=O) groups excluding carboxylic acids is 1. The molecule has 1 heterocycles. The SMILES string of the molecule is COc1cccc(NC(=O)[C@H](NCCc2ccc3c(c2)OCO3)c2ccccc2)c1. The Kier molecular flexibility index (Phi) is 6.15. The van der Waals surface area contributed by atoms with Crippen LogP contribution in [0, 0.1) is 0 Å². The van der Waals surface area contributed by atoms with Crippen LogP contribution in [0.1, 0.15) is 17.2 Å². The first-order valence-corrected chi connectivity index (χ1v) is 9.85. The fourth-order valence-electron chi connectivity index (χ4n) is 3.38. The Balaban J connectivity index is 1.44. The van der Waals surface area contributed by atoms with E-state index in [9.17, 15) is 4.79 Å². The zero-order valence-corrected chi connectivity index (χ0v) is 16.8. The summed E-state index contributed by atoms with van der Waals surface area (Å²) in [5, 5.41) is 6.37. The van der Waals surface area contributed by atoms with Gasteiger partial charge in [-0.1, -0.05) is 42.5 Å². The Labute approximate surface area is 175 Å². The van der Waals surface area contributed by atoms with Gasteiger partial charge in [0.25, 0.3) is 0 Å². The number of fused-ring (bicyclic) bond motifs is 1. The van der Waals surface area contributed by atoms with Gasteiger partial charge in [-0.2, -0.15) is 0 Å². The van der Waals surface area contributed by atoms with E-state index in [-0.39, 0.29) is 12.7 Å². The second-order valence-corrected chi connectivity index (χ2v) is 6.96. The van der Waals surface area contributed by atoms with E-state index in [2.05, 4.69) is 10.6 Å². The molecule has 0 spiro atoms. The van der Waals surface area contributed by atoms with Gasteiger partial charge in [0, 0.05) is 18.3 Å². The maximum atomic E-state index is 13.1. The molecule has 0 fully saturated rings. The topological polar surface area (TPSA) is 68.8 Å². The van der Waals surface area contributed by atoms with Gasteiger partial charge in [-0.3, -0.25) is 4.79 Å². The molecular weight excluding hydrogens is 380 g/mol. The number of hydrogen-bond acceptors (Lipinski definition) is 5. The molecule has 0 radical (unpaired) electrons. The van der Waals surface area contributed by atoms with Gasteiger partial charge >= 0.3 is 0 Å². The summed E-state index contributed by atoms with van der Waals surface area (Å²) >= 11 is 0. The Morgan fingerprint density at radius 1 is 1.00 bits per heavy atom. The second kappa shape index (κ2) is 9.33. The molecule has 3 aromatic carbocycles. The van der Waals surface area contributed by atoms with Gasteiger partial charge in [-0.15, -0.1) is 0 Å². The lowest BCUT2D eigenvalue weighted by Crippen LogP contribution is -2.34. The Hall–Kier alpha value is -3.51. The van der Waals surface area contributed by atoms with Gasteiger partial charge in [0.05, 0.1) is 7.11 Å². The normalized spacial score (nSPS) is 13.0. The predicted octanol–water partition coefficient (Wildman–Crippen LogP) is 3.94. The molecular formula is C24H24N2O4. The molecule has 154 valence electrons. The minimum Gasteiger partial charge on any atom is -0.497 e. The van der Waals surface area contributed by atoms with Crippen molar-refractivity contribution in [2.24, 2.45) is 0 Å². The second-order valence-electron chi connectivity index (χ2n) is 6.96. The molecule has 0 saturated heterocycles. The van der Waals surface area contributed by atoms with Crippen LogP contribution >= 0.6 is 0 Å². The van der Waals surface area contributed by atoms with Gasteiger partial charge in [-0.25, -0.2) is 0 Å². The summed E-state index contributed by atoms with van der Waals surface area (Å²) in [5.74, 6) is 2.11. The van der Waals surface area contributed by atoms with Crippen molar-refractivity contribution < 1.29 is 19.0 Å². The van der Waals surface area contributed by atoms with E-state index in [0.717, 1.165) is 29.0 Å². The minimum absolute atomic E-state index is 0.125. The summed E-state index contributed by atoms with van der Waals surface area (Å²) in [7, 11) is 1.60. The van der Waals surface area contributed by atoms with E-state index in [0.29, 0.717) is 18.0 Å². The first-order chi connectivity index (χ1) is 14.7. The highest BCUT2D eigenvalue weighted by Gasteiger charge is 2.20. The van der Waals surface area contributed by atoms with E-state index >= 15 is 0 Å². The first-order valence-electron chi connectivity index (χ1n) is 9.85. The van der Waals surface area contributed by atoms with Gasteiger partial charge in [0.1, 0.15) is 11.8 Å². The summed E-state index contributed by atoms with van der Waals surface area (Å²) in [4.78, 5) is 13.1. The summed E-state index contributed by atoms with van der Waals surface area (Å²) in [6.07, 6.45) is 0.756. The molecule has 0 saturated carbocycles. The third-order valence-electron chi connectivity index (χ3n) is 4.93. The van der Waals surface area contributed by atoms with Crippen LogP contribution in [0.2, 0.25) is 0 Å². The lowest BCUT2D eigenvalue weighted by Gasteiger charge is -2.19. The smallest absolute Gasteiger partial charge is 0.246 e. The summed E-state index contributed by atoms with van der Waals surface area (Å²) in [5.41, 5.74) is 2.72. The Morgan fingerprint density at radius 2 is 1.83 bits per heavy atom. The average Bonchev–Trinajstić information content (AvgIpc) is 3.25. The zero-order chi connectivity index (χ0) is 20.8. The van der Waals surface area contributed by atoms with Crippen LogP contribution in [0.15, 0.2) is 72.8 Å². The lowest BCUT2D eigenvalue weighted by atomic mass is 10.1. The summed E-state index contributed by atoms with van der Waals surface area (Å²) in [6, 6.07) is 22.5. The standard InChI is InChI=1S/C24H24N2O4/c1-28-20-9-5-8-19(15-20)26-24(27)23(18-6-3-2-4-7-18)25-13-12-17-10-11-21-22(14-17)30-16-29-21/h2-11,14-15,23,25H,12-13,16H2,1H3,(H,26,27)/t23-/m1/s1. The number of rotatable bonds is 8. The first kappa shape index (κ1) is 19.8. The molecule has 6 nitrogen and oxygen atoms in total. The Morgan fingerprint density at radius 3 is 2.67 bits per heavy atom. The van der Waals surface area contributed by atoms with Gasteiger partial charge in [0.15, 0.2) is 11.5 Å². The molecule has 30 heavy (non-hydrogen) atoms. The number of ether oxygens (including phenoxy) is 3. The number of amides is 1. The van der Waals surface area contributed by atoms with Crippen LogP contribution in [0.4, 0.5) is 5.69 Å². The monoisotopic (exact) mass is 404 g/mol. The van der Waals surface area contributed by atoms with E-state index in [1.165, 1.54) is 0 Å². The third-order valence-corrected chi connectivity index (χ3v) is 4.93. The molecule has 1 amide bonds. The van der Waals surface area contributed by atoms with Crippen LogP contribution in [0.25, 0.3) is 0 Å². The van der Waals surface area contributed by atoms with E-state index in [4.69, 9.17) is 14.2 Å². The molecule has 0 aliphatic carbocycles. The van der Waals surface area contributed by atoms with Crippen molar-refractivity contribution in [3.63, 3.8) is 0 Å². The minimum atomic E-state index is -0.480. The molecule has 0 unspecified atom stereocenters. The van der Waals surface area contributed by atoms with E-state index < -0.39 is 6.04 Å². The highest BCUT2D eigenvalue weighted by molar-refractivity contribution is 5.95.